The molecule has 23 heavy (non-hydrogen) atoms. The maximum Gasteiger partial charge on any atom is 0.193 e. The predicted molar refractivity (Wildman–Crippen MR) is 92.2 cm³/mol. The van der Waals surface area contributed by atoms with Gasteiger partial charge in [0.05, 0.1) is 23.4 Å². The summed E-state index contributed by atoms with van der Waals surface area (Å²) in [6, 6.07) is 0. The molecule has 2 aliphatic rings. The lowest BCUT2D eigenvalue weighted by Gasteiger charge is -2.37. The number of aliphatic imine (C=N–C) groups is 1. The van der Waals surface area contributed by atoms with Gasteiger partial charge in [-0.05, 0) is 19.8 Å². The number of guanidine groups is 1. The van der Waals surface area contributed by atoms with Gasteiger partial charge in [0.15, 0.2) is 5.96 Å². The first kappa shape index (κ1) is 16.7. The Morgan fingerprint density at radius 1 is 1.43 bits per heavy atom. The quantitative estimate of drug-likeness (QED) is 0.665. The maximum atomic E-state index is 5.91. The van der Waals surface area contributed by atoms with Crippen molar-refractivity contribution in [3.05, 3.63) is 16.1 Å². The van der Waals surface area contributed by atoms with Crippen LogP contribution in [0.1, 0.15) is 23.5 Å². The van der Waals surface area contributed by atoms with Gasteiger partial charge in [0, 0.05) is 45.1 Å². The van der Waals surface area contributed by atoms with E-state index in [2.05, 4.69) is 25.6 Å². The highest BCUT2D eigenvalue weighted by atomic mass is 32.1. The summed E-state index contributed by atoms with van der Waals surface area (Å²) in [5, 5.41) is 6.70. The largest absolute Gasteiger partial charge is 0.375 e. The molecule has 0 bridgehead atoms. The van der Waals surface area contributed by atoms with Crippen molar-refractivity contribution in [2.45, 2.75) is 38.4 Å². The van der Waals surface area contributed by atoms with E-state index < -0.39 is 0 Å². The molecular weight excluding hydrogens is 312 g/mol. The van der Waals surface area contributed by atoms with Crippen molar-refractivity contribution < 1.29 is 9.47 Å². The van der Waals surface area contributed by atoms with Crippen molar-refractivity contribution in [2.75, 3.05) is 39.9 Å². The number of ether oxygens (including phenoxy) is 2. The number of nitrogens with zero attached hydrogens (tertiary/aromatic N) is 3. The molecule has 6 nitrogen and oxygen atoms in total. The summed E-state index contributed by atoms with van der Waals surface area (Å²) in [4.78, 5) is 11.2. The number of rotatable bonds is 4. The molecule has 0 radical (unpaired) electrons. The zero-order valence-electron chi connectivity index (χ0n) is 14.0. The average molecular weight is 338 g/mol. The Morgan fingerprint density at radius 2 is 2.30 bits per heavy atom. The normalized spacial score (nSPS) is 25.8. The minimum atomic E-state index is 0.158. The van der Waals surface area contributed by atoms with Crippen molar-refractivity contribution >= 4 is 17.3 Å². The summed E-state index contributed by atoms with van der Waals surface area (Å²) < 4.78 is 11.7. The first-order chi connectivity index (χ1) is 11.3. The van der Waals surface area contributed by atoms with Crippen LogP contribution in [-0.2, 0) is 15.9 Å². The van der Waals surface area contributed by atoms with Crippen LogP contribution in [0.15, 0.2) is 10.4 Å². The molecule has 7 heteroatoms. The number of aromatic nitrogens is 1. The molecule has 2 aliphatic heterocycles. The predicted octanol–water partition coefficient (Wildman–Crippen LogP) is 1.45. The molecule has 2 atom stereocenters. The van der Waals surface area contributed by atoms with Gasteiger partial charge in [-0.3, -0.25) is 4.99 Å². The van der Waals surface area contributed by atoms with E-state index in [0.29, 0.717) is 0 Å². The Bertz CT molecular complexity index is 528. The minimum Gasteiger partial charge on any atom is -0.375 e. The third-order valence-corrected chi connectivity index (χ3v) is 5.14. The number of hydrogen-bond donors (Lipinski definition) is 1. The number of hydrogen-bond acceptors (Lipinski definition) is 5. The van der Waals surface area contributed by atoms with Crippen molar-refractivity contribution in [1.82, 2.24) is 15.2 Å². The van der Waals surface area contributed by atoms with Crippen LogP contribution >= 0.6 is 11.3 Å². The van der Waals surface area contributed by atoms with Crippen molar-refractivity contribution in [3.63, 3.8) is 0 Å². The Balaban J connectivity index is 1.49. The molecule has 3 heterocycles. The number of thiazole rings is 1. The first-order valence-electron chi connectivity index (χ1n) is 8.36. The lowest BCUT2D eigenvalue weighted by Crippen LogP contribution is -2.53. The lowest BCUT2D eigenvalue weighted by atomic mass is 10.1. The molecule has 1 N–H and O–H groups in total. The van der Waals surface area contributed by atoms with Crippen LogP contribution in [0.4, 0.5) is 0 Å². The van der Waals surface area contributed by atoms with Gasteiger partial charge in [-0.1, -0.05) is 0 Å². The van der Waals surface area contributed by atoms with Crippen LogP contribution in [-0.4, -0.2) is 67.9 Å². The van der Waals surface area contributed by atoms with Gasteiger partial charge < -0.3 is 19.7 Å². The van der Waals surface area contributed by atoms with Crippen LogP contribution in [0.5, 0.6) is 0 Å². The van der Waals surface area contributed by atoms with Crippen LogP contribution in [0.3, 0.4) is 0 Å². The maximum absolute atomic E-state index is 5.91. The second-order valence-electron chi connectivity index (χ2n) is 5.99. The van der Waals surface area contributed by atoms with Crippen LogP contribution in [0, 0.1) is 6.92 Å². The van der Waals surface area contributed by atoms with E-state index in [1.165, 1.54) is 0 Å². The molecule has 3 rings (SSSR count). The van der Waals surface area contributed by atoms with E-state index in [1.807, 2.05) is 14.0 Å². The SMILES string of the molecule is CN=C(NCCc1csc(C)n1)N1CCOC(C2CCCO2)C1. The number of nitrogens with one attached hydrogen (secondary N) is 1. The zero-order chi connectivity index (χ0) is 16.1. The van der Waals surface area contributed by atoms with Crippen LogP contribution in [0.2, 0.25) is 0 Å². The average Bonchev–Trinajstić information content (AvgIpc) is 3.23. The number of aryl methyl sites for hydroxylation is 1. The summed E-state index contributed by atoms with van der Waals surface area (Å²) in [5.74, 6) is 0.947. The first-order valence-corrected chi connectivity index (χ1v) is 9.24. The zero-order valence-corrected chi connectivity index (χ0v) is 14.8. The van der Waals surface area contributed by atoms with E-state index in [9.17, 15) is 0 Å². The van der Waals surface area contributed by atoms with E-state index >= 15 is 0 Å². The van der Waals surface area contributed by atoms with Gasteiger partial charge in [-0.25, -0.2) is 4.98 Å². The van der Waals surface area contributed by atoms with E-state index in [4.69, 9.17) is 9.47 Å². The Morgan fingerprint density at radius 3 is 3.00 bits per heavy atom. The lowest BCUT2D eigenvalue weighted by molar-refractivity contribution is -0.0816. The molecule has 0 spiro atoms. The molecule has 0 amide bonds. The molecule has 0 saturated carbocycles. The molecule has 0 aliphatic carbocycles. The summed E-state index contributed by atoms with van der Waals surface area (Å²) in [5.41, 5.74) is 1.15. The number of morpholine rings is 1. The fraction of sp³-hybridized carbons (Fsp3) is 0.750. The fourth-order valence-electron chi connectivity index (χ4n) is 3.15. The van der Waals surface area contributed by atoms with Crippen molar-refractivity contribution in [3.8, 4) is 0 Å². The van der Waals surface area contributed by atoms with E-state index in [0.717, 1.165) is 68.8 Å². The summed E-state index contributed by atoms with van der Waals surface area (Å²) in [7, 11) is 1.84. The molecule has 1 aromatic rings. The highest BCUT2D eigenvalue weighted by molar-refractivity contribution is 7.09. The van der Waals surface area contributed by atoms with Gasteiger partial charge in [0.2, 0.25) is 0 Å². The van der Waals surface area contributed by atoms with E-state index in [-0.39, 0.29) is 12.2 Å². The monoisotopic (exact) mass is 338 g/mol. The molecular formula is C16H26N4O2S. The molecule has 2 fully saturated rings. The Labute approximate surface area is 141 Å². The summed E-state index contributed by atoms with van der Waals surface area (Å²) in [6.07, 6.45) is 3.57. The van der Waals surface area contributed by atoms with Gasteiger partial charge in [-0.2, -0.15) is 0 Å². The molecule has 2 saturated heterocycles. The third-order valence-electron chi connectivity index (χ3n) is 4.32. The Hall–Kier alpha value is -1.18. The second kappa shape index (κ2) is 8.08. The molecule has 0 aromatic carbocycles. The van der Waals surface area contributed by atoms with Gasteiger partial charge in [0.1, 0.15) is 6.10 Å². The molecule has 2 unspecified atom stereocenters. The van der Waals surface area contributed by atoms with Crippen LogP contribution in [0.25, 0.3) is 0 Å². The molecule has 1 aromatic heterocycles. The molecule has 128 valence electrons. The van der Waals surface area contributed by atoms with Crippen LogP contribution < -0.4 is 5.32 Å². The second-order valence-corrected chi connectivity index (χ2v) is 7.05. The third kappa shape index (κ3) is 4.43. The Kier molecular flexibility index (Phi) is 5.85. The smallest absolute Gasteiger partial charge is 0.193 e. The summed E-state index contributed by atoms with van der Waals surface area (Å²) in [6.45, 7) is 6.21. The van der Waals surface area contributed by atoms with E-state index in [1.54, 1.807) is 11.3 Å². The van der Waals surface area contributed by atoms with Gasteiger partial charge >= 0.3 is 0 Å². The minimum absolute atomic E-state index is 0.158. The topological polar surface area (TPSA) is 59.0 Å². The highest BCUT2D eigenvalue weighted by Gasteiger charge is 2.32. The van der Waals surface area contributed by atoms with Crippen molar-refractivity contribution in [1.29, 1.82) is 0 Å². The fourth-order valence-corrected chi connectivity index (χ4v) is 3.79. The summed E-state index contributed by atoms with van der Waals surface area (Å²) >= 11 is 1.70. The standard InChI is InChI=1S/C16H26N4O2S/c1-12-19-13(11-23-12)5-6-18-16(17-2)20-7-9-22-15(10-20)14-4-3-8-21-14/h11,14-15H,3-10H2,1-2H3,(H,17,18). The van der Waals surface area contributed by atoms with Crippen molar-refractivity contribution in [2.24, 2.45) is 4.99 Å². The van der Waals surface area contributed by atoms with Gasteiger partial charge in [0.25, 0.3) is 0 Å². The van der Waals surface area contributed by atoms with Gasteiger partial charge in [-0.15, -0.1) is 11.3 Å². The highest BCUT2D eigenvalue weighted by Crippen LogP contribution is 2.21.